The quantitative estimate of drug-likeness (QED) is 0.802. The van der Waals surface area contributed by atoms with Crippen LogP contribution in [0.3, 0.4) is 0 Å². The first-order chi connectivity index (χ1) is 11.2. The van der Waals surface area contributed by atoms with E-state index < -0.39 is 0 Å². The molecule has 116 valence electrons. The molecule has 1 saturated carbocycles. The minimum absolute atomic E-state index is 0.00283. The number of aryl methyl sites for hydroxylation is 1. The molecule has 4 rings (SSSR count). The second-order valence-corrected chi connectivity index (χ2v) is 6.11. The van der Waals surface area contributed by atoms with Gasteiger partial charge in [0.1, 0.15) is 5.65 Å². The first-order valence-electron chi connectivity index (χ1n) is 8.12. The van der Waals surface area contributed by atoms with E-state index in [9.17, 15) is 4.79 Å². The van der Waals surface area contributed by atoms with Gasteiger partial charge in [-0.3, -0.25) is 4.79 Å². The molecule has 2 aromatic heterocycles. The number of imidazole rings is 1. The molecule has 1 fully saturated rings. The Morgan fingerprint density at radius 3 is 2.65 bits per heavy atom. The van der Waals surface area contributed by atoms with Crippen LogP contribution in [-0.2, 0) is 6.42 Å². The van der Waals surface area contributed by atoms with Crippen molar-refractivity contribution >= 4 is 11.6 Å². The van der Waals surface area contributed by atoms with Crippen LogP contribution >= 0.6 is 0 Å². The number of carbonyl (C=O) groups excluding carboxylic acids is 1. The largest absolute Gasteiger partial charge is 0.349 e. The summed E-state index contributed by atoms with van der Waals surface area (Å²) in [5.41, 5.74) is 4.86. The van der Waals surface area contributed by atoms with E-state index in [-0.39, 0.29) is 5.91 Å². The molecule has 1 N–H and O–H groups in total. The highest BCUT2D eigenvalue weighted by molar-refractivity contribution is 5.94. The zero-order valence-electron chi connectivity index (χ0n) is 13.1. The lowest BCUT2D eigenvalue weighted by Crippen LogP contribution is -2.25. The van der Waals surface area contributed by atoms with Crippen molar-refractivity contribution in [1.29, 1.82) is 0 Å². The Balaban J connectivity index is 1.65. The van der Waals surface area contributed by atoms with Crippen molar-refractivity contribution in [3.8, 4) is 11.3 Å². The van der Waals surface area contributed by atoms with E-state index in [1.54, 1.807) is 0 Å². The third-order valence-corrected chi connectivity index (χ3v) is 4.28. The summed E-state index contributed by atoms with van der Waals surface area (Å²) in [6.07, 6.45) is 7.05. The van der Waals surface area contributed by atoms with E-state index in [2.05, 4.69) is 41.5 Å². The molecular weight excluding hydrogens is 286 g/mol. The van der Waals surface area contributed by atoms with Gasteiger partial charge in [0.05, 0.1) is 11.3 Å². The number of amides is 1. The van der Waals surface area contributed by atoms with Crippen molar-refractivity contribution < 1.29 is 4.79 Å². The fraction of sp³-hybridized carbons (Fsp3) is 0.263. The molecule has 1 aliphatic carbocycles. The molecule has 0 radical (unpaired) electrons. The molecule has 3 aromatic rings. The van der Waals surface area contributed by atoms with Gasteiger partial charge in [-0.25, -0.2) is 4.98 Å². The number of hydrogen-bond donors (Lipinski definition) is 1. The number of carbonyl (C=O) groups is 1. The molecule has 0 unspecified atom stereocenters. The van der Waals surface area contributed by atoms with Crippen molar-refractivity contribution in [1.82, 2.24) is 14.7 Å². The fourth-order valence-electron chi connectivity index (χ4n) is 2.67. The highest BCUT2D eigenvalue weighted by Gasteiger charge is 2.23. The molecule has 23 heavy (non-hydrogen) atoms. The maximum atomic E-state index is 12.1. The van der Waals surface area contributed by atoms with Crippen molar-refractivity contribution in [2.24, 2.45) is 0 Å². The first-order valence-corrected chi connectivity index (χ1v) is 8.12. The fourth-order valence-corrected chi connectivity index (χ4v) is 2.67. The van der Waals surface area contributed by atoms with Crippen LogP contribution in [0.2, 0.25) is 0 Å². The summed E-state index contributed by atoms with van der Waals surface area (Å²) in [4.78, 5) is 16.8. The number of fused-ring (bicyclic) bond motifs is 1. The number of nitrogens with zero attached hydrogens (tertiary/aromatic N) is 2. The Morgan fingerprint density at radius 1 is 1.17 bits per heavy atom. The van der Waals surface area contributed by atoms with Crippen LogP contribution in [0.25, 0.3) is 16.9 Å². The maximum Gasteiger partial charge on any atom is 0.252 e. The van der Waals surface area contributed by atoms with E-state index >= 15 is 0 Å². The summed E-state index contributed by atoms with van der Waals surface area (Å²) in [5.74, 6) is -0.00283. The Morgan fingerprint density at radius 2 is 1.96 bits per heavy atom. The van der Waals surface area contributed by atoms with Crippen molar-refractivity contribution in [2.45, 2.75) is 32.2 Å². The van der Waals surface area contributed by atoms with Crippen LogP contribution in [0.15, 0.2) is 48.8 Å². The number of benzene rings is 1. The molecule has 4 nitrogen and oxygen atoms in total. The standard InChI is InChI=1S/C19H19N3O/c1-2-13-3-5-14(6-4-13)17-12-22-11-15(7-10-18(22)21-17)19(23)20-16-8-9-16/h3-7,10-12,16H,2,8-9H2,1H3,(H,20,23). The molecule has 1 amide bonds. The molecule has 1 aliphatic rings. The molecule has 0 saturated heterocycles. The first kappa shape index (κ1) is 14.0. The summed E-state index contributed by atoms with van der Waals surface area (Å²) < 4.78 is 1.92. The molecule has 0 aliphatic heterocycles. The summed E-state index contributed by atoms with van der Waals surface area (Å²) >= 11 is 0. The van der Waals surface area contributed by atoms with Gasteiger partial charge < -0.3 is 9.72 Å². The average molecular weight is 305 g/mol. The summed E-state index contributed by atoms with van der Waals surface area (Å²) in [5, 5.41) is 3.01. The van der Waals surface area contributed by atoms with Gasteiger partial charge in [0.25, 0.3) is 5.91 Å². The Labute approximate surface area is 135 Å². The van der Waals surface area contributed by atoms with Crippen LogP contribution in [0.4, 0.5) is 0 Å². The SMILES string of the molecule is CCc1ccc(-c2cn3cc(C(=O)NC4CC4)ccc3n2)cc1. The number of rotatable bonds is 4. The molecule has 0 spiro atoms. The normalized spacial score (nSPS) is 14.1. The van der Waals surface area contributed by atoms with Gasteiger partial charge >= 0.3 is 0 Å². The summed E-state index contributed by atoms with van der Waals surface area (Å²) in [6, 6.07) is 12.6. The van der Waals surface area contributed by atoms with E-state index in [4.69, 9.17) is 0 Å². The lowest BCUT2D eigenvalue weighted by molar-refractivity contribution is 0.0950. The third-order valence-electron chi connectivity index (χ3n) is 4.28. The molecule has 1 aromatic carbocycles. The van der Waals surface area contributed by atoms with Gasteiger partial charge in [0.2, 0.25) is 0 Å². The van der Waals surface area contributed by atoms with Crippen molar-refractivity contribution in [2.75, 3.05) is 0 Å². The Bertz CT molecular complexity index is 860. The number of aromatic nitrogens is 2. The molecule has 0 bridgehead atoms. The molecule has 2 heterocycles. The predicted molar refractivity (Wildman–Crippen MR) is 90.5 cm³/mol. The van der Waals surface area contributed by atoms with Gasteiger partial charge in [0.15, 0.2) is 0 Å². The molecular formula is C19H19N3O. The molecule has 0 atom stereocenters. The minimum atomic E-state index is -0.00283. The second-order valence-electron chi connectivity index (χ2n) is 6.11. The maximum absolute atomic E-state index is 12.1. The minimum Gasteiger partial charge on any atom is -0.349 e. The Kier molecular flexibility index (Phi) is 3.37. The smallest absolute Gasteiger partial charge is 0.252 e. The highest BCUT2D eigenvalue weighted by Crippen LogP contribution is 2.21. The van der Waals surface area contributed by atoms with Crippen LogP contribution in [0, 0.1) is 0 Å². The van der Waals surface area contributed by atoms with Gasteiger partial charge in [-0.2, -0.15) is 0 Å². The van der Waals surface area contributed by atoms with Gasteiger partial charge in [-0.1, -0.05) is 31.2 Å². The van der Waals surface area contributed by atoms with E-state index in [0.29, 0.717) is 11.6 Å². The van der Waals surface area contributed by atoms with Crippen LogP contribution < -0.4 is 5.32 Å². The number of hydrogen-bond acceptors (Lipinski definition) is 2. The van der Waals surface area contributed by atoms with E-state index in [1.165, 1.54) is 5.56 Å². The zero-order valence-corrected chi connectivity index (χ0v) is 13.1. The topological polar surface area (TPSA) is 46.4 Å². The van der Waals surface area contributed by atoms with Crippen LogP contribution in [-0.4, -0.2) is 21.3 Å². The Hall–Kier alpha value is -2.62. The van der Waals surface area contributed by atoms with Gasteiger partial charge in [0, 0.05) is 24.0 Å². The zero-order chi connectivity index (χ0) is 15.8. The van der Waals surface area contributed by atoms with Gasteiger partial charge in [-0.05, 0) is 37.0 Å². The molecule has 4 heteroatoms. The monoisotopic (exact) mass is 305 g/mol. The summed E-state index contributed by atoms with van der Waals surface area (Å²) in [6.45, 7) is 2.15. The lowest BCUT2D eigenvalue weighted by atomic mass is 10.1. The summed E-state index contributed by atoms with van der Waals surface area (Å²) in [7, 11) is 0. The van der Waals surface area contributed by atoms with E-state index in [1.807, 2.05) is 28.9 Å². The van der Waals surface area contributed by atoms with Crippen LogP contribution in [0.5, 0.6) is 0 Å². The van der Waals surface area contributed by atoms with Gasteiger partial charge in [-0.15, -0.1) is 0 Å². The second kappa shape index (κ2) is 5.54. The average Bonchev–Trinajstić information content (AvgIpc) is 3.29. The highest BCUT2D eigenvalue weighted by atomic mass is 16.1. The van der Waals surface area contributed by atoms with E-state index in [0.717, 1.165) is 36.2 Å². The van der Waals surface area contributed by atoms with Crippen LogP contribution in [0.1, 0.15) is 35.7 Å². The third kappa shape index (κ3) is 2.84. The van der Waals surface area contributed by atoms with Crippen molar-refractivity contribution in [3.63, 3.8) is 0 Å². The van der Waals surface area contributed by atoms with Crippen molar-refractivity contribution in [3.05, 3.63) is 59.9 Å². The number of pyridine rings is 1. The predicted octanol–water partition coefficient (Wildman–Crippen LogP) is 3.46. The lowest BCUT2D eigenvalue weighted by Gasteiger charge is -2.03. The number of nitrogens with one attached hydrogen (secondary N) is 1.